The first kappa shape index (κ1) is 12.7. The molecule has 0 saturated carbocycles. The lowest BCUT2D eigenvalue weighted by atomic mass is 9.95. The lowest BCUT2D eigenvalue weighted by Gasteiger charge is -2.14. The summed E-state index contributed by atoms with van der Waals surface area (Å²) in [5.41, 5.74) is 0.284. The van der Waals surface area contributed by atoms with Crippen LogP contribution < -0.4 is 0 Å². The van der Waals surface area contributed by atoms with E-state index in [0.29, 0.717) is 0 Å². The van der Waals surface area contributed by atoms with Crippen LogP contribution in [0.3, 0.4) is 0 Å². The van der Waals surface area contributed by atoms with Gasteiger partial charge < -0.3 is 5.11 Å². The average Bonchev–Trinajstić information content (AvgIpc) is 2.33. The van der Waals surface area contributed by atoms with Gasteiger partial charge in [0.2, 0.25) is 5.78 Å². The summed E-state index contributed by atoms with van der Waals surface area (Å²) in [5.74, 6) is -1.78. The number of fused-ring (bicyclic) bond motifs is 1. The number of aliphatic hydroxyl groups excluding tert-OH is 1. The Bertz CT molecular complexity index is 655. The van der Waals surface area contributed by atoms with E-state index >= 15 is 0 Å². The van der Waals surface area contributed by atoms with E-state index in [2.05, 4.69) is 0 Å². The number of hydrogen-bond donors (Lipinski definition) is 1. The third-order valence-corrected chi connectivity index (χ3v) is 4.31. The maximum atomic E-state index is 12.0. The third-order valence-electron chi connectivity index (χ3n) is 2.62. The summed E-state index contributed by atoms with van der Waals surface area (Å²) in [7, 11) is -3.92. The van der Waals surface area contributed by atoms with E-state index in [1.54, 1.807) is 12.1 Å². The second kappa shape index (κ2) is 4.47. The van der Waals surface area contributed by atoms with Gasteiger partial charge in [0.25, 0.3) is 0 Å². The molecule has 94 valence electrons. The Morgan fingerprint density at radius 3 is 2.28 bits per heavy atom. The van der Waals surface area contributed by atoms with E-state index in [4.69, 9.17) is 5.11 Å². The molecule has 1 aliphatic rings. The number of carbonyl (C=O) groups is 2. The van der Waals surface area contributed by atoms with Crippen molar-refractivity contribution in [3.05, 3.63) is 46.4 Å². The maximum Gasteiger partial charge on any atom is 0.205 e. The summed E-state index contributed by atoms with van der Waals surface area (Å²) in [6.45, 7) is -0.594. The largest absolute Gasteiger partial charge is 0.395 e. The first-order valence-corrected chi connectivity index (χ1v) is 6.86. The Balaban J connectivity index is 2.56. The van der Waals surface area contributed by atoms with E-state index in [0.717, 1.165) is 6.08 Å². The van der Waals surface area contributed by atoms with Crippen LogP contribution in [-0.2, 0) is 9.84 Å². The summed E-state index contributed by atoms with van der Waals surface area (Å²) in [6, 6.07) is 6.05. The molecule has 0 unspecified atom stereocenters. The van der Waals surface area contributed by atoms with Gasteiger partial charge in [-0.25, -0.2) is 8.42 Å². The van der Waals surface area contributed by atoms with Gasteiger partial charge in [0, 0.05) is 17.2 Å². The predicted molar refractivity (Wildman–Crippen MR) is 64.1 cm³/mol. The Morgan fingerprint density at radius 1 is 1.06 bits per heavy atom. The van der Waals surface area contributed by atoms with Crippen LogP contribution in [0.5, 0.6) is 0 Å². The highest BCUT2D eigenvalue weighted by atomic mass is 32.2. The van der Waals surface area contributed by atoms with Gasteiger partial charge in [-0.1, -0.05) is 24.3 Å². The lowest BCUT2D eigenvalue weighted by molar-refractivity contribution is 0.0990. The number of rotatable bonds is 3. The minimum absolute atomic E-state index is 0.0847. The molecular weight excluding hydrogens is 256 g/mol. The number of Topliss-reactive ketones (excluding diaryl/α,β-unsaturated/α-hetero) is 1. The van der Waals surface area contributed by atoms with Crippen LogP contribution in [0.4, 0.5) is 0 Å². The fourth-order valence-corrected chi connectivity index (χ4v) is 2.89. The van der Waals surface area contributed by atoms with E-state index in [1.165, 1.54) is 12.1 Å². The SMILES string of the molecule is O=C1C=C(S(=O)(=O)CCO)C(=O)c2ccccc21. The molecule has 1 aliphatic carbocycles. The van der Waals surface area contributed by atoms with Gasteiger partial charge in [-0.05, 0) is 0 Å². The molecule has 6 heteroatoms. The van der Waals surface area contributed by atoms with Crippen molar-refractivity contribution in [2.45, 2.75) is 0 Å². The zero-order valence-corrected chi connectivity index (χ0v) is 10.1. The standard InChI is InChI=1S/C12H10O5S/c13-5-6-18(16,17)11-7-10(14)8-3-1-2-4-9(8)12(11)15/h1-4,7,13H,5-6H2. The molecule has 0 aromatic heterocycles. The monoisotopic (exact) mass is 266 g/mol. The first-order valence-electron chi connectivity index (χ1n) is 5.21. The number of aliphatic hydroxyl groups is 1. The Labute approximate surface area is 104 Å². The summed E-state index contributed by atoms with van der Waals surface area (Å²) in [4.78, 5) is 23.2. The van der Waals surface area contributed by atoms with E-state index in [9.17, 15) is 18.0 Å². The van der Waals surface area contributed by atoms with Gasteiger partial charge >= 0.3 is 0 Å². The molecule has 0 saturated heterocycles. The fraction of sp³-hybridized carbons (Fsp3) is 0.167. The number of ketones is 2. The van der Waals surface area contributed by atoms with Crippen molar-refractivity contribution in [2.24, 2.45) is 0 Å². The van der Waals surface area contributed by atoms with Crippen molar-refractivity contribution in [1.82, 2.24) is 0 Å². The number of hydrogen-bond acceptors (Lipinski definition) is 5. The maximum absolute atomic E-state index is 12.0. The zero-order valence-electron chi connectivity index (χ0n) is 9.29. The molecule has 0 spiro atoms. The fourth-order valence-electron chi connectivity index (χ4n) is 1.75. The molecular formula is C12H10O5S. The van der Waals surface area contributed by atoms with Gasteiger partial charge in [-0.15, -0.1) is 0 Å². The van der Waals surface area contributed by atoms with Crippen molar-refractivity contribution in [3.63, 3.8) is 0 Å². The quantitative estimate of drug-likeness (QED) is 0.853. The molecule has 5 nitrogen and oxygen atoms in total. The smallest absolute Gasteiger partial charge is 0.205 e. The van der Waals surface area contributed by atoms with Gasteiger partial charge in [0.05, 0.1) is 12.4 Å². The van der Waals surface area contributed by atoms with Gasteiger partial charge in [-0.3, -0.25) is 9.59 Å². The highest BCUT2D eigenvalue weighted by Gasteiger charge is 2.32. The highest BCUT2D eigenvalue weighted by molar-refractivity contribution is 7.96. The molecule has 0 aliphatic heterocycles. The van der Waals surface area contributed by atoms with Gasteiger partial charge in [0.15, 0.2) is 15.6 Å². The molecule has 0 heterocycles. The molecule has 0 bridgehead atoms. The minimum atomic E-state index is -3.92. The molecule has 1 aromatic rings. The summed E-state index contributed by atoms with van der Waals surface area (Å²) >= 11 is 0. The van der Waals surface area contributed by atoms with Crippen molar-refractivity contribution in [2.75, 3.05) is 12.4 Å². The molecule has 1 N–H and O–H groups in total. The van der Waals surface area contributed by atoms with Gasteiger partial charge in [0.1, 0.15) is 4.91 Å². The molecule has 18 heavy (non-hydrogen) atoms. The Kier molecular flexibility index (Phi) is 3.14. The second-order valence-corrected chi connectivity index (χ2v) is 5.87. The van der Waals surface area contributed by atoms with Gasteiger partial charge in [-0.2, -0.15) is 0 Å². The number of benzene rings is 1. The zero-order chi connectivity index (χ0) is 13.3. The van der Waals surface area contributed by atoms with Crippen molar-refractivity contribution in [3.8, 4) is 0 Å². The number of allylic oxidation sites excluding steroid dienone is 2. The van der Waals surface area contributed by atoms with E-state index in [-0.39, 0.29) is 11.1 Å². The first-order chi connectivity index (χ1) is 8.47. The summed E-state index contributed by atoms with van der Waals surface area (Å²) in [6.07, 6.45) is 0.829. The number of carbonyl (C=O) groups excluding carboxylic acids is 2. The van der Waals surface area contributed by atoms with Crippen LogP contribution in [0, 0.1) is 0 Å². The lowest BCUT2D eigenvalue weighted by Crippen LogP contribution is -2.24. The molecule has 0 atom stereocenters. The predicted octanol–water partition coefficient (Wildman–Crippen LogP) is 0.357. The van der Waals surface area contributed by atoms with Crippen LogP contribution >= 0.6 is 0 Å². The average molecular weight is 266 g/mol. The van der Waals surface area contributed by atoms with Crippen molar-refractivity contribution < 1.29 is 23.1 Å². The van der Waals surface area contributed by atoms with Crippen LogP contribution in [0.15, 0.2) is 35.2 Å². The van der Waals surface area contributed by atoms with Crippen LogP contribution in [-0.4, -0.2) is 37.5 Å². The molecule has 0 amide bonds. The number of sulfone groups is 1. The summed E-state index contributed by atoms with van der Waals surface area (Å²) < 4.78 is 23.5. The highest BCUT2D eigenvalue weighted by Crippen LogP contribution is 2.24. The van der Waals surface area contributed by atoms with E-state index < -0.39 is 38.7 Å². The molecule has 1 aromatic carbocycles. The Morgan fingerprint density at radius 2 is 1.67 bits per heavy atom. The second-order valence-electron chi connectivity index (χ2n) is 3.79. The van der Waals surface area contributed by atoms with Crippen LogP contribution in [0.1, 0.15) is 20.7 Å². The van der Waals surface area contributed by atoms with Crippen molar-refractivity contribution in [1.29, 1.82) is 0 Å². The third kappa shape index (κ3) is 2.00. The van der Waals surface area contributed by atoms with Crippen molar-refractivity contribution >= 4 is 21.4 Å². The topological polar surface area (TPSA) is 88.5 Å². The molecule has 2 rings (SSSR count). The minimum Gasteiger partial charge on any atom is -0.395 e. The van der Waals surface area contributed by atoms with Crippen LogP contribution in [0.25, 0.3) is 0 Å². The van der Waals surface area contributed by atoms with E-state index in [1.807, 2.05) is 0 Å². The molecule has 0 fully saturated rings. The normalized spacial score (nSPS) is 15.3. The summed E-state index contributed by atoms with van der Waals surface area (Å²) in [5, 5.41) is 8.68. The Hall–Kier alpha value is -1.79. The van der Waals surface area contributed by atoms with Crippen LogP contribution in [0.2, 0.25) is 0 Å². The molecule has 0 radical (unpaired) electrons.